The van der Waals surface area contributed by atoms with E-state index in [0.29, 0.717) is 23.2 Å². The Bertz CT molecular complexity index is 3350. The molecule has 4 nitrogen and oxygen atoms in total. The summed E-state index contributed by atoms with van der Waals surface area (Å²) in [5, 5.41) is 12.6. The first-order valence-electron chi connectivity index (χ1n) is 25.0. The van der Waals surface area contributed by atoms with E-state index in [9.17, 15) is 5.11 Å². The molecule has 0 aliphatic heterocycles. The molecule has 0 unspecified atom stereocenters. The van der Waals surface area contributed by atoms with E-state index in [0.717, 1.165) is 78.0 Å². The minimum atomic E-state index is -0.339. The number of aromatic hydroxyl groups is 1. The number of phenols is 1. The van der Waals surface area contributed by atoms with Crippen molar-refractivity contribution in [3.8, 4) is 78.6 Å². The van der Waals surface area contributed by atoms with Crippen LogP contribution in [-0.4, -0.2) is 19.6 Å². The number of pyridine rings is 1. The molecule has 0 spiro atoms. The molecule has 0 bridgehead atoms. The third-order valence-electron chi connectivity index (χ3n) is 13.8. The van der Waals surface area contributed by atoms with Gasteiger partial charge in [-0.3, -0.25) is 9.55 Å². The number of benzene rings is 7. The van der Waals surface area contributed by atoms with Gasteiger partial charge in [-0.1, -0.05) is 216 Å². The molecule has 1 N–H and O–H groups in total. The Hall–Kier alpha value is -6.35. The van der Waals surface area contributed by atoms with Gasteiger partial charge in [0, 0.05) is 44.1 Å². The molecular formula is C66H68N3OPt-. The number of hydrogen-bond donors (Lipinski definition) is 1. The van der Waals surface area contributed by atoms with Crippen LogP contribution in [0.15, 0.2) is 158 Å². The van der Waals surface area contributed by atoms with Gasteiger partial charge in [-0.2, -0.15) is 0 Å². The third kappa shape index (κ3) is 10.4. The third-order valence-corrected chi connectivity index (χ3v) is 13.8. The van der Waals surface area contributed by atoms with Crippen molar-refractivity contribution in [2.24, 2.45) is 0 Å². The van der Waals surface area contributed by atoms with E-state index in [1.807, 2.05) is 6.20 Å². The first kappa shape index (κ1) is 51.0. The van der Waals surface area contributed by atoms with E-state index in [2.05, 4.69) is 252 Å². The van der Waals surface area contributed by atoms with Crippen LogP contribution in [-0.2, 0) is 37.3 Å². The second-order valence-electron chi connectivity index (χ2n) is 22.9. The summed E-state index contributed by atoms with van der Waals surface area (Å²) in [6, 6.07) is 58.5. The molecule has 71 heavy (non-hydrogen) atoms. The maximum atomic E-state index is 12.6. The molecule has 0 saturated carbocycles. The zero-order chi connectivity index (χ0) is 49.9. The molecule has 0 aliphatic rings. The predicted molar refractivity (Wildman–Crippen MR) is 296 cm³/mol. The average Bonchev–Trinajstić information content (AvgIpc) is 3.72. The summed E-state index contributed by atoms with van der Waals surface area (Å²) in [5.74, 6) is 1.74. The molecule has 0 radical (unpaired) electrons. The molecule has 2 heterocycles. The van der Waals surface area contributed by atoms with Crippen LogP contribution in [0.1, 0.15) is 130 Å². The SMILES string of the molecule is CC(C)c1cc(-c2ccnc(-c3[c-]c(-c4cccc5c4nc(-c4cc(C(C)(C)C)cc(C(C)(C)C)c4O)n5-c4ccc(C(C)(C)C)cc4-c4ccccc4)cc(-c4ccccc4)c3)c2)cc(C(C)C)c1.[Pt]. The van der Waals surface area contributed by atoms with Crippen LogP contribution < -0.4 is 0 Å². The van der Waals surface area contributed by atoms with Crippen LogP contribution in [0.3, 0.4) is 0 Å². The first-order chi connectivity index (χ1) is 33.2. The standard InChI is InChI=1S/C66H68N3O.Pt/c1-41(2)46-31-47(42(3)4)33-49(32-46)45-29-30-67-58(37-45)51-35-48(43-21-16-14-17-22-43)34-50(36-51)54-25-20-26-60-61(54)68-63(56-39-53(65(8,9)10)40-57(62(56)70)66(11,12)13)69(60)59-28-27-52(64(5,6)7)38-55(59)44-23-18-15-19-24-44;/h14-35,37-42,70H,1-13H3;/q-1;. The summed E-state index contributed by atoms with van der Waals surface area (Å²) < 4.78 is 2.28. The van der Waals surface area contributed by atoms with Crippen molar-refractivity contribution < 1.29 is 26.2 Å². The molecule has 0 aliphatic carbocycles. The Labute approximate surface area is 437 Å². The van der Waals surface area contributed by atoms with Crippen molar-refractivity contribution >= 4 is 11.0 Å². The van der Waals surface area contributed by atoms with Gasteiger partial charge in [0.15, 0.2) is 0 Å². The van der Waals surface area contributed by atoms with Gasteiger partial charge in [-0.05, 0) is 103 Å². The number of nitrogens with zero attached hydrogens (tertiary/aromatic N) is 3. The number of phenolic OH excluding ortho intramolecular Hbond substituents is 1. The fourth-order valence-corrected chi connectivity index (χ4v) is 9.51. The number of fused-ring (bicyclic) bond motifs is 1. The Morgan fingerprint density at radius 1 is 0.493 bits per heavy atom. The summed E-state index contributed by atoms with van der Waals surface area (Å²) in [7, 11) is 0. The number of rotatable bonds is 9. The summed E-state index contributed by atoms with van der Waals surface area (Å²) in [6.45, 7) is 29.0. The van der Waals surface area contributed by atoms with Gasteiger partial charge in [0.2, 0.25) is 0 Å². The summed E-state index contributed by atoms with van der Waals surface area (Å²) in [4.78, 5) is 10.7. The van der Waals surface area contributed by atoms with Crippen molar-refractivity contribution in [1.29, 1.82) is 0 Å². The molecule has 364 valence electrons. The van der Waals surface area contributed by atoms with Crippen molar-refractivity contribution in [2.45, 2.75) is 118 Å². The van der Waals surface area contributed by atoms with E-state index >= 15 is 0 Å². The maximum absolute atomic E-state index is 12.6. The van der Waals surface area contributed by atoms with Crippen LogP contribution in [0.5, 0.6) is 5.75 Å². The quantitative estimate of drug-likeness (QED) is 0.147. The topological polar surface area (TPSA) is 50.9 Å². The van der Waals surface area contributed by atoms with Gasteiger partial charge in [-0.25, -0.2) is 4.98 Å². The maximum Gasteiger partial charge on any atom is 0.148 e. The van der Waals surface area contributed by atoms with Crippen LogP contribution in [0.2, 0.25) is 0 Å². The molecule has 0 amide bonds. The molecule has 9 aromatic rings. The Kier molecular flexibility index (Phi) is 14.1. The van der Waals surface area contributed by atoms with Crippen LogP contribution in [0.4, 0.5) is 0 Å². The Balaban J connectivity index is 0.00000676. The van der Waals surface area contributed by atoms with Gasteiger partial charge in [0.25, 0.3) is 0 Å². The fourth-order valence-electron chi connectivity index (χ4n) is 9.51. The second kappa shape index (κ2) is 19.7. The normalized spacial score (nSPS) is 12.2. The summed E-state index contributed by atoms with van der Waals surface area (Å²) in [5.41, 5.74) is 19.0. The summed E-state index contributed by atoms with van der Waals surface area (Å²) in [6.07, 6.45) is 1.93. The van der Waals surface area contributed by atoms with E-state index < -0.39 is 0 Å². The van der Waals surface area contributed by atoms with E-state index in [1.54, 1.807) is 0 Å². The van der Waals surface area contributed by atoms with Crippen molar-refractivity contribution in [1.82, 2.24) is 14.5 Å². The minimum absolute atomic E-state index is 0. The number of para-hydroxylation sites is 1. The molecule has 0 saturated heterocycles. The zero-order valence-electron chi connectivity index (χ0n) is 43.8. The monoisotopic (exact) mass is 1110 g/mol. The Morgan fingerprint density at radius 2 is 1.08 bits per heavy atom. The van der Waals surface area contributed by atoms with E-state index in [4.69, 9.17) is 9.97 Å². The number of imidazole rings is 1. The predicted octanol–water partition coefficient (Wildman–Crippen LogP) is 18.1. The van der Waals surface area contributed by atoms with Crippen molar-refractivity contribution in [3.05, 3.63) is 192 Å². The van der Waals surface area contributed by atoms with Gasteiger partial charge in [-0.15, -0.1) is 23.8 Å². The van der Waals surface area contributed by atoms with Gasteiger partial charge < -0.3 is 5.11 Å². The van der Waals surface area contributed by atoms with Crippen molar-refractivity contribution in [3.63, 3.8) is 0 Å². The zero-order valence-corrected chi connectivity index (χ0v) is 46.0. The van der Waals surface area contributed by atoms with Gasteiger partial charge >= 0.3 is 0 Å². The van der Waals surface area contributed by atoms with E-state index in [1.165, 1.54) is 22.3 Å². The minimum Gasteiger partial charge on any atom is -0.507 e. The molecular weight excluding hydrogens is 1050 g/mol. The second-order valence-corrected chi connectivity index (χ2v) is 22.9. The Morgan fingerprint density at radius 3 is 1.69 bits per heavy atom. The van der Waals surface area contributed by atoms with Gasteiger partial charge in [0.1, 0.15) is 11.6 Å². The molecule has 0 fully saturated rings. The van der Waals surface area contributed by atoms with Crippen LogP contribution in [0, 0.1) is 6.07 Å². The van der Waals surface area contributed by atoms with Crippen molar-refractivity contribution in [2.75, 3.05) is 0 Å². The smallest absolute Gasteiger partial charge is 0.148 e. The fraction of sp³-hybridized carbons (Fsp3) is 0.273. The molecule has 5 heteroatoms. The number of hydrogen-bond acceptors (Lipinski definition) is 3. The molecule has 2 aromatic heterocycles. The van der Waals surface area contributed by atoms with Gasteiger partial charge in [0.05, 0.1) is 22.3 Å². The van der Waals surface area contributed by atoms with E-state index in [-0.39, 0.29) is 43.1 Å². The molecule has 7 aromatic carbocycles. The first-order valence-corrected chi connectivity index (χ1v) is 25.0. The number of aromatic nitrogens is 3. The largest absolute Gasteiger partial charge is 0.507 e. The summed E-state index contributed by atoms with van der Waals surface area (Å²) >= 11 is 0. The molecule has 9 rings (SSSR count). The van der Waals surface area contributed by atoms with Crippen LogP contribution >= 0.6 is 0 Å². The average molecular weight is 1110 g/mol. The molecule has 0 atom stereocenters. The van der Waals surface area contributed by atoms with Crippen LogP contribution in [0.25, 0.3) is 83.9 Å².